The molecule has 3 heterocycles. The third kappa shape index (κ3) is 5.63. The van der Waals surface area contributed by atoms with Crippen LogP contribution in [0.5, 0.6) is 0 Å². The molecule has 3 N–H and O–H groups in total. The average Bonchev–Trinajstić information content (AvgIpc) is 3.48. The van der Waals surface area contributed by atoms with E-state index in [1.165, 1.54) is 16.0 Å². The molecule has 5 rings (SSSR count). The fourth-order valence-electron chi connectivity index (χ4n) is 4.61. The highest BCUT2D eigenvalue weighted by atomic mass is 32.2. The zero-order chi connectivity index (χ0) is 26.0. The molecular formula is C24H28FN5O5S2. The van der Waals surface area contributed by atoms with Gasteiger partial charge in [-0.1, -0.05) is 6.07 Å². The van der Waals surface area contributed by atoms with Crippen LogP contribution in [0, 0.1) is 0 Å². The molecule has 198 valence electrons. The molecule has 0 atom stereocenters. The van der Waals surface area contributed by atoms with Crippen molar-refractivity contribution < 1.29 is 27.1 Å². The molecule has 0 bridgehead atoms. The van der Waals surface area contributed by atoms with Gasteiger partial charge < -0.3 is 20.5 Å². The number of primary amides is 1. The Morgan fingerprint density at radius 2 is 2.00 bits per heavy atom. The molecule has 2 fully saturated rings. The number of carbonyl (C=O) groups excluding carboxylic acids is 1. The van der Waals surface area contributed by atoms with E-state index < -0.39 is 27.9 Å². The summed E-state index contributed by atoms with van der Waals surface area (Å²) >= 11 is 1.49. The lowest BCUT2D eigenvalue weighted by molar-refractivity contribution is 0.0416. The van der Waals surface area contributed by atoms with Gasteiger partial charge in [0.2, 0.25) is 0 Å². The Morgan fingerprint density at radius 1 is 1.22 bits per heavy atom. The van der Waals surface area contributed by atoms with Gasteiger partial charge in [-0.25, -0.2) is 22.6 Å². The van der Waals surface area contributed by atoms with Crippen LogP contribution in [-0.2, 0) is 25.9 Å². The van der Waals surface area contributed by atoms with Crippen molar-refractivity contribution in [2.75, 3.05) is 25.2 Å². The molecule has 13 heteroatoms. The maximum absolute atomic E-state index is 13.5. The minimum Gasteiger partial charge on any atom is -0.446 e. The number of anilines is 2. The molecule has 10 nitrogen and oxygen atoms in total. The number of benzene rings is 1. The van der Waals surface area contributed by atoms with Crippen molar-refractivity contribution in [3.63, 3.8) is 0 Å². The minimum absolute atomic E-state index is 0.148. The standard InChI is InChI=1S/C24H28FN5O5S2/c25-7-8-30-12-17(10-28-30)29-16-3-6-20(22(9-16)37(32,33)19-13-34-14-19)21-11-27-23(36-21)15-1-4-18(5-2-15)35-24(26)31/h3,6,9-12,15,18-19,29H,1-2,4-5,7-8,13-14H2,(H2,26,31). The van der Waals surface area contributed by atoms with Crippen LogP contribution in [0.15, 0.2) is 41.7 Å². The van der Waals surface area contributed by atoms with Gasteiger partial charge >= 0.3 is 6.09 Å². The van der Waals surface area contributed by atoms with E-state index in [1.807, 2.05) is 6.07 Å². The first-order chi connectivity index (χ1) is 17.8. The summed E-state index contributed by atoms with van der Waals surface area (Å²) < 4.78 is 51.4. The van der Waals surface area contributed by atoms with Gasteiger partial charge in [0.05, 0.1) is 46.4 Å². The van der Waals surface area contributed by atoms with E-state index >= 15 is 0 Å². The smallest absolute Gasteiger partial charge is 0.404 e. The molecule has 0 unspecified atom stereocenters. The molecule has 1 amide bonds. The number of nitrogens with one attached hydrogen (secondary N) is 1. The van der Waals surface area contributed by atoms with Crippen LogP contribution in [0.4, 0.5) is 20.6 Å². The minimum atomic E-state index is -3.65. The van der Waals surface area contributed by atoms with Crippen LogP contribution in [-0.4, -0.2) is 60.5 Å². The number of amides is 1. The molecule has 0 radical (unpaired) electrons. The Labute approximate surface area is 217 Å². The van der Waals surface area contributed by atoms with Crippen molar-refractivity contribution in [3.05, 3.63) is 41.8 Å². The summed E-state index contributed by atoms with van der Waals surface area (Å²) in [4.78, 5) is 16.6. The van der Waals surface area contributed by atoms with E-state index in [4.69, 9.17) is 15.2 Å². The van der Waals surface area contributed by atoms with Gasteiger partial charge in [-0.3, -0.25) is 4.68 Å². The number of aromatic nitrogens is 3. The second kappa shape index (κ2) is 10.8. The third-order valence-electron chi connectivity index (χ3n) is 6.67. The summed E-state index contributed by atoms with van der Waals surface area (Å²) in [6, 6.07) is 5.22. The monoisotopic (exact) mass is 549 g/mol. The van der Waals surface area contributed by atoms with Crippen molar-refractivity contribution in [3.8, 4) is 10.4 Å². The maximum atomic E-state index is 13.5. The van der Waals surface area contributed by atoms with Crippen LogP contribution < -0.4 is 11.1 Å². The quantitative estimate of drug-likeness (QED) is 0.408. The number of halogens is 1. The molecule has 1 aliphatic carbocycles. The normalized spacial score (nSPS) is 20.4. The predicted molar refractivity (Wildman–Crippen MR) is 136 cm³/mol. The second-order valence-electron chi connectivity index (χ2n) is 9.19. The maximum Gasteiger partial charge on any atom is 0.404 e. The predicted octanol–water partition coefficient (Wildman–Crippen LogP) is 4.01. The van der Waals surface area contributed by atoms with Gasteiger partial charge in [0.1, 0.15) is 18.0 Å². The lowest BCUT2D eigenvalue weighted by Crippen LogP contribution is -2.40. The lowest BCUT2D eigenvalue weighted by atomic mass is 9.88. The summed E-state index contributed by atoms with van der Waals surface area (Å²) in [5.41, 5.74) is 6.95. The number of hydrogen-bond donors (Lipinski definition) is 2. The zero-order valence-corrected chi connectivity index (χ0v) is 21.6. The van der Waals surface area contributed by atoms with E-state index in [0.717, 1.165) is 22.7 Å². The van der Waals surface area contributed by atoms with Crippen LogP contribution in [0.2, 0.25) is 0 Å². The first kappa shape index (κ1) is 25.6. The second-order valence-corrected chi connectivity index (χ2v) is 12.5. The van der Waals surface area contributed by atoms with E-state index in [2.05, 4.69) is 15.4 Å². The van der Waals surface area contributed by atoms with Crippen LogP contribution in [0.25, 0.3) is 10.4 Å². The van der Waals surface area contributed by atoms with E-state index in [1.54, 1.807) is 30.7 Å². The van der Waals surface area contributed by atoms with Gasteiger partial charge in [-0.2, -0.15) is 5.10 Å². The molecule has 0 spiro atoms. The molecule has 1 aliphatic heterocycles. The Morgan fingerprint density at radius 3 is 2.68 bits per heavy atom. The average molecular weight is 550 g/mol. The van der Waals surface area contributed by atoms with Gasteiger partial charge in [-0.05, 0) is 37.8 Å². The first-order valence-electron chi connectivity index (χ1n) is 12.1. The number of aryl methyl sites for hydroxylation is 1. The number of thiazole rings is 1. The zero-order valence-electron chi connectivity index (χ0n) is 20.0. The topological polar surface area (TPSA) is 138 Å². The van der Waals surface area contributed by atoms with E-state index in [-0.39, 0.29) is 36.7 Å². The first-order valence-corrected chi connectivity index (χ1v) is 14.4. The largest absolute Gasteiger partial charge is 0.446 e. The summed E-state index contributed by atoms with van der Waals surface area (Å²) in [5.74, 6) is 0.216. The van der Waals surface area contributed by atoms with Crippen molar-refractivity contribution in [2.24, 2.45) is 5.73 Å². The number of sulfone groups is 1. The fourth-order valence-corrected chi connectivity index (χ4v) is 7.48. The summed E-state index contributed by atoms with van der Waals surface area (Å²) in [6.07, 6.45) is 7.10. The van der Waals surface area contributed by atoms with Gasteiger partial charge in [0, 0.05) is 29.6 Å². The Balaban J connectivity index is 1.40. The summed E-state index contributed by atoms with van der Waals surface area (Å²) in [5, 5.41) is 7.60. The van der Waals surface area contributed by atoms with E-state index in [9.17, 15) is 17.6 Å². The molecule has 1 saturated carbocycles. The number of hydrogen-bond acceptors (Lipinski definition) is 9. The Hall–Kier alpha value is -3.03. The lowest BCUT2D eigenvalue weighted by Gasteiger charge is -2.27. The Bertz CT molecular complexity index is 1360. The van der Waals surface area contributed by atoms with Crippen LogP contribution in [0.1, 0.15) is 36.6 Å². The molecule has 2 aliphatic rings. The van der Waals surface area contributed by atoms with Crippen molar-refractivity contribution in [2.45, 2.75) is 54.4 Å². The molecule has 2 aromatic heterocycles. The highest BCUT2D eigenvalue weighted by Gasteiger charge is 2.36. The number of carbonyl (C=O) groups is 1. The van der Waals surface area contributed by atoms with E-state index in [0.29, 0.717) is 29.8 Å². The summed E-state index contributed by atoms with van der Waals surface area (Å²) in [7, 11) is -3.65. The number of rotatable bonds is 9. The van der Waals surface area contributed by atoms with Gasteiger partial charge in [-0.15, -0.1) is 11.3 Å². The highest BCUT2D eigenvalue weighted by Crippen LogP contribution is 2.41. The number of ether oxygens (including phenoxy) is 2. The fraction of sp³-hybridized carbons (Fsp3) is 0.458. The molecule has 1 aromatic carbocycles. The number of nitrogens with zero attached hydrogens (tertiary/aromatic N) is 3. The SMILES string of the molecule is NC(=O)OC1CCC(c2ncc(-c3ccc(Nc4cnn(CCF)c4)cc3S(=O)(=O)C3COC3)s2)CC1. The van der Waals surface area contributed by atoms with Crippen molar-refractivity contribution >= 4 is 38.6 Å². The molecule has 1 saturated heterocycles. The van der Waals surface area contributed by atoms with Gasteiger partial charge in [0.25, 0.3) is 0 Å². The molecular weight excluding hydrogens is 521 g/mol. The van der Waals surface area contributed by atoms with Crippen molar-refractivity contribution in [1.82, 2.24) is 14.8 Å². The third-order valence-corrected chi connectivity index (χ3v) is 9.96. The van der Waals surface area contributed by atoms with Crippen LogP contribution >= 0.6 is 11.3 Å². The summed E-state index contributed by atoms with van der Waals surface area (Å²) in [6.45, 7) is -0.0451. The molecule has 37 heavy (non-hydrogen) atoms. The van der Waals surface area contributed by atoms with Crippen molar-refractivity contribution in [1.29, 1.82) is 0 Å². The number of alkyl halides is 1. The van der Waals surface area contributed by atoms with Crippen LogP contribution in [0.3, 0.4) is 0 Å². The van der Waals surface area contributed by atoms with Gasteiger partial charge in [0.15, 0.2) is 9.84 Å². The highest BCUT2D eigenvalue weighted by molar-refractivity contribution is 7.92. The number of nitrogens with two attached hydrogens (primary N) is 1. The Kier molecular flexibility index (Phi) is 7.45. The molecule has 3 aromatic rings.